The van der Waals surface area contributed by atoms with Gasteiger partial charge >= 0.3 is 0 Å². The van der Waals surface area contributed by atoms with Crippen LogP contribution in [0.5, 0.6) is 0 Å². The van der Waals surface area contributed by atoms with Gasteiger partial charge in [0.2, 0.25) is 5.91 Å². The second-order valence-corrected chi connectivity index (χ2v) is 6.99. The molecule has 2 atom stereocenters. The fourth-order valence-electron chi connectivity index (χ4n) is 2.83. The van der Waals surface area contributed by atoms with Crippen LogP contribution >= 0.6 is 0 Å². The highest BCUT2D eigenvalue weighted by atomic mass is 16.2. The average Bonchev–Trinajstić information content (AvgIpc) is 2.61. The Kier molecular flexibility index (Phi) is 5.84. The highest BCUT2D eigenvalue weighted by molar-refractivity contribution is 5.82. The smallest absolute Gasteiger partial charge is 0.238 e. The first-order chi connectivity index (χ1) is 11.4. The third-order valence-electron chi connectivity index (χ3n) is 5.13. The van der Waals surface area contributed by atoms with Crippen LogP contribution in [0.1, 0.15) is 27.7 Å². The van der Waals surface area contributed by atoms with Crippen LogP contribution in [0, 0.1) is 17.2 Å². The van der Waals surface area contributed by atoms with Crippen molar-refractivity contribution in [2.24, 2.45) is 5.92 Å². The molecule has 1 aliphatic heterocycles. The van der Waals surface area contributed by atoms with Gasteiger partial charge in [0, 0.05) is 31.9 Å². The highest BCUT2D eigenvalue weighted by Gasteiger charge is 2.33. The molecule has 0 unspecified atom stereocenters. The van der Waals surface area contributed by atoms with Crippen molar-refractivity contribution in [2.75, 3.05) is 31.1 Å². The molecule has 1 aliphatic rings. The molecule has 0 saturated carbocycles. The van der Waals surface area contributed by atoms with E-state index in [2.05, 4.69) is 33.3 Å². The molecule has 2 rings (SSSR count). The van der Waals surface area contributed by atoms with Gasteiger partial charge in [-0.15, -0.1) is 0 Å². The Hall–Kier alpha value is -2.06. The minimum absolute atomic E-state index is 0.0635. The van der Waals surface area contributed by atoms with E-state index < -0.39 is 5.54 Å². The topological polar surface area (TPSA) is 59.4 Å². The fourth-order valence-corrected chi connectivity index (χ4v) is 2.83. The Labute approximate surface area is 145 Å². The molecule has 1 aromatic rings. The predicted octanol–water partition coefficient (Wildman–Crippen LogP) is 2.25. The molecule has 1 heterocycles. The molecule has 130 valence electrons. The normalized spacial score (nSPS) is 19.4. The number of carbonyl (C=O) groups excluding carboxylic acids is 1. The van der Waals surface area contributed by atoms with E-state index >= 15 is 0 Å². The van der Waals surface area contributed by atoms with Gasteiger partial charge in [0.05, 0.1) is 12.1 Å². The van der Waals surface area contributed by atoms with E-state index in [1.807, 2.05) is 39.0 Å². The molecule has 0 aromatic heterocycles. The number of benzene rings is 1. The summed E-state index contributed by atoms with van der Waals surface area (Å²) >= 11 is 0. The van der Waals surface area contributed by atoms with E-state index in [4.69, 9.17) is 0 Å². The summed E-state index contributed by atoms with van der Waals surface area (Å²) in [4.78, 5) is 17.1. The first kappa shape index (κ1) is 18.3. The number of nitriles is 1. The Morgan fingerprint density at radius 1 is 1.17 bits per heavy atom. The lowest BCUT2D eigenvalue weighted by Gasteiger charge is -2.39. The summed E-state index contributed by atoms with van der Waals surface area (Å²) in [6.07, 6.45) is 0. The van der Waals surface area contributed by atoms with Crippen LogP contribution in [0.2, 0.25) is 0 Å². The maximum absolute atomic E-state index is 12.6. The lowest BCUT2D eigenvalue weighted by Crippen LogP contribution is -2.58. The molecule has 5 nitrogen and oxygen atoms in total. The molecule has 0 bridgehead atoms. The fraction of sp³-hybridized carbons (Fsp3) is 0.579. The Bertz CT molecular complexity index is 587. The summed E-state index contributed by atoms with van der Waals surface area (Å²) in [6, 6.07) is 12.4. The van der Waals surface area contributed by atoms with E-state index in [1.165, 1.54) is 5.69 Å². The quantitative estimate of drug-likeness (QED) is 0.901. The summed E-state index contributed by atoms with van der Waals surface area (Å²) in [5.41, 5.74) is 0.406. The summed E-state index contributed by atoms with van der Waals surface area (Å²) in [5.74, 6) is -0.00510. The van der Waals surface area contributed by atoms with Crippen LogP contribution < -0.4 is 10.2 Å². The first-order valence-electron chi connectivity index (χ1n) is 8.64. The average molecular weight is 328 g/mol. The number of para-hydroxylation sites is 1. The number of nitrogens with one attached hydrogen (secondary N) is 1. The lowest BCUT2D eigenvalue weighted by atomic mass is 9.89. The molecule has 1 amide bonds. The van der Waals surface area contributed by atoms with Gasteiger partial charge < -0.3 is 10.2 Å². The maximum atomic E-state index is 12.6. The van der Waals surface area contributed by atoms with Gasteiger partial charge in [0.15, 0.2) is 0 Å². The Balaban J connectivity index is 1.92. The largest absolute Gasteiger partial charge is 0.369 e. The van der Waals surface area contributed by atoms with Crippen LogP contribution in [0.4, 0.5) is 5.69 Å². The van der Waals surface area contributed by atoms with Crippen molar-refractivity contribution in [2.45, 2.75) is 39.3 Å². The number of nitrogens with zero attached hydrogens (tertiary/aromatic N) is 3. The summed E-state index contributed by atoms with van der Waals surface area (Å²) in [6.45, 7) is 11.1. The second kappa shape index (κ2) is 7.67. The number of anilines is 1. The molecule has 1 saturated heterocycles. The van der Waals surface area contributed by atoms with E-state index in [1.54, 1.807) is 6.92 Å². The maximum Gasteiger partial charge on any atom is 0.238 e. The number of hydrogen-bond acceptors (Lipinski definition) is 4. The molecular formula is C19H28N4O. The molecule has 5 heteroatoms. The molecule has 0 radical (unpaired) electrons. The second-order valence-electron chi connectivity index (χ2n) is 6.99. The van der Waals surface area contributed by atoms with Crippen LogP contribution in [0.15, 0.2) is 30.3 Å². The highest BCUT2D eigenvalue weighted by Crippen LogP contribution is 2.18. The van der Waals surface area contributed by atoms with Crippen LogP contribution in [0.3, 0.4) is 0 Å². The van der Waals surface area contributed by atoms with E-state index in [-0.39, 0.29) is 17.9 Å². The van der Waals surface area contributed by atoms with Crippen molar-refractivity contribution < 1.29 is 4.79 Å². The van der Waals surface area contributed by atoms with Gasteiger partial charge in [-0.3, -0.25) is 9.69 Å². The van der Waals surface area contributed by atoms with Crippen molar-refractivity contribution in [1.29, 1.82) is 5.26 Å². The summed E-state index contributed by atoms with van der Waals surface area (Å²) in [5, 5.41) is 12.3. The molecule has 1 aromatic carbocycles. The van der Waals surface area contributed by atoms with Crippen molar-refractivity contribution in [3.05, 3.63) is 30.3 Å². The molecule has 1 fully saturated rings. The van der Waals surface area contributed by atoms with Gasteiger partial charge in [0.1, 0.15) is 5.54 Å². The van der Waals surface area contributed by atoms with Crippen LogP contribution in [-0.2, 0) is 4.79 Å². The van der Waals surface area contributed by atoms with Gasteiger partial charge in [-0.1, -0.05) is 32.0 Å². The van der Waals surface area contributed by atoms with Crippen LogP contribution in [0.25, 0.3) is 0 Å². The minimum atomic E-state index is -0.822. The molecular weight excluding hydrogens is 300 g/mol. The zero-order valence-corrected chi connectivity index (χ0v) is 15.1. The number of piperazine rings is 1. The van der Waals surface area contributed by atoms with Gasteiger partial charge in [0.25, 0.3) is 0 Å². The monoisotopic (exact) mass is 328 g/mol. The first-order valence-corrected chi connectivity index (χ1v) is 8.64. The zero-order valence-electron chi connectivity index (χ0n) is 15.1. The molecule has 1 N–H and O–H groups in total. The van der Waals surface area contributed by atoms with E-state index in [0.717, 1.165) is 26.2 Å². The van der Waals surface area contributed by atoms with Crippen LogP contribution in [-0.4, -0.2) is 48.6 Å². The Morgan fingerprint density at radius 2 is 1.75 bits per heavy atom. The standard InChI is InChI=1S/C19H28N4O/c1-15(2)19(4,14-20)21-18(24)16(3)22-10-12-23(13-11-22)17-8-6-5-7-9-17/h5-9,15-16H,10-13H2,1-4H3,(H,21,24)/t16-,19-/m1/s1. The predicted molar refractivity (Wildman–Crippen MR) is 96.7 cm³/mol. The summed E-state index contributed by atoms with van der Waals surface area (Å²) < 4.78 is 0. The van der Waals surface area contributed by atoms with Gasteiger partial charge in [-0.25, -0.2) is 0 Å². The Morgan fingerprint density at radius 3 is 2.25 bits per heavy atom. The van der Waals surface area contributed by atoms with Crippen molar-refractivity contribution >= 4 is 11.6 Å². The van der Waals surface area contributed by atoms with Gasteiger partial charge in [-0.05, 0) is 31.9 Å². The SMILES string of the molecule is CC(C)[C@@](C)(C#N)NC(=O)[C@@H](C)N1CCN(c2ccccc2)CC1. The number of carbonyl (C=O) groups is 1. The lowest BCUT2D eigenvalue weighted by molar-refractivity contribution is -0.127. The minimum Gasteiger partial charge on any atom is -0.369 e. The number of hydrogen-bond donors (Lipinski definition) is 1. The number of rotatable bonds is 5. The molecule has 24 heavy (non-hydrogen) atoms. The third-order valence-corrected chi connectivity index (χ3v) is 5.13. The van der Waals surface area contributed by atoms with E-state index in [9.17, 15) is 10.1 Å². The third kappa shape index (κ3) is 4.07. The van der Waals surface area contributed by atoms with Gasteiger partial charge in [-0.2, -0.15) is 5.26 Å². The van der Waals surface area contributed by atoms with Crippen molar-refractivity contribution in [3.8, 4) is 6.07 Å². The number of amides is 1. The molecule has 0 spiro atoms. The van der Waals surface area contributed by atoms with Crippen molar-refractivity contribution in [3.63, 3.8) is 0 Å². The van der Waals surface area contributed by atoms with E-state index in [0.29, 0.717) is 0 Å². The van der Waals surface area contributed by atoms with Crippen molar-refractivity contribution in [1.82, 2.24) is 10.2 Å². The summed E-state index contributed by atoms with van der Waals surface area (Å²) in [7, 11) is 0. The zero-order chi connectivity index (χ0) is 17.7. The molecule has 0 aliphatic carbocycles.